The number of piperazine rings is 1. The molecular formula is C23H19N3O4S. The molecule has 3 aromatic rings. The molecule has 1 aliphatic heterocycles. The fraction of sp³-hybridized carbons (Fsp3) is 0.174. The highest BCUT2D eigenvalue weighted by Gasteiger charge is 2.33. The third-order valence-corrected chi connectivity index (χ3v) is 7.64. The van der Waals surface area contributed by atoms with Crippen LogP contribution in [0.4, 0.5) is 5.82 Å². The first-order valence-corrected chi connectivity index (χ1v) is 11.4. The molecule has 1 fully saturated rings. The lowest BCUT2D eigenvalue weighted by atomic mass is 9.84. The average Bonchev–Trinajstić information content (AvgIpc) is 2.83. The van der Waals surface area contributed by atoms with E-state index in [0.29, 0.717) is 37.3 Å². The Hall–Kier alpha value is -3.36. The molecule has 0 radical (unpaired) electrons. The number of hydrogen-bond acceptors (Lipinski definition) is 6. The van der Waals surface area contributed by atoms with E-state index < -0.39 is 10.0 Å². The zero-order chi connectivity index (χ0) is 21.6. The molecule has 31 heavy (non-hydrogen) atoms. The molecule has 2 heterocycles. The number of nitrogens with zero attached hydrogens (tertiary/aromatic N) is 3. The number of benzene rings is 2. The van der Waals surface area contributed by atoms with Gasteiger partial charge in [0, 0.05) is 54.6 Å². The Morgan fingerprint density at radius 3 is 1.97 bits per heavy atom. The summed E-state index contributed by atoms with van der Waals surface area (Å²) in [5.41, 5.74) is 1.03. The summed E-state index contributed by atoms with van der Waals surface area (Å²) in [6.45, 7) is 1.66. The molecule has 2 aliphatic rings. The van der Waals surface area contributed by atoms with Gasteiger partial charge in [-0.05, 0) is 30.3 Å². The number of fused-ring (bicyclic) bond motifs is 2. The second-order valence-electron chi connectivity index (χ2n) is 7.49. The van der Waals surface area contributed by atoms with Crippen molar-refractivity contribution in [3.05, 3.63) is 89.1 Å². The summed E-state index contributed by atoms with van der Waals surface area (Å²) in [5, 5.41) is 0. The Labute approximate surface area is 180 Å². The van der Waals surface area contributed by atoms with Crippen molar-refractivity contribution in [1.82, 2.24) is 9.29 Å². The van der Waals surface area contributed by atoms with Gasteiger partial charge in [-0.25, -0.2) is 13.4 Å². The van der Waals surface area contributed by atoms with Crippen molar-refractivity contribution in [3.63, 3.8) is 0 Å². The van der Waals surface area contributed by atoms with Crippen LogP contribution in [-0.2, 0) is 10.0 Å². The molecule has 156 valence electrons. The van der Waals surface area contributed by atoms with Crippen LogP contribution in [0.3, 0.4) is 0 Å². The van der Waals surface area contributed by atoms with Gasteiger partial charge in [0.15, 0.2) is 11.6 Å². The largest absolute Gasteiger partial charge is 0.354 e. The first kappa shape index (κ1) is 19.6. The summed E-state index contributed by atoms with van der Waals surface area (Å²) in [5.74, 6) is 0.219. The van der Waals surface area contributed by atoms with Crippen LogP contribution < -0.4 is 4.90 Å². The number of rotatable bonds is 3. The second kappa shape index (κ2) is 7.40. The first-order valence-electron chi connectivity index (χ1n) is 9.95. The molecule has 0 bridgehead atoms. The maximum atomic E-state index is 13.2. The summed E-state index contributed by atoms with van der Waals surface area (Å²) < 4.78 is 27.9. The highest BCUT2D eigenvalue weighted by Crippen LogP contribution is 2.30. The highest BCUT2D eigenvalue weighted by atomic mass is 32.2. The van der Waals surface area contributed by atoms with Gasteiger partial charge in [-0.2, -0.15) is 4.31 Å². The molecule has 1 saturated heterocycles. The van der Waals surface area contributed by atoms with Gasteiger partial charge in [0.25, 0.3) is 0 Å². The van der Waals surface area contributed by atoms with E-state index in [1.165, 1.54) is 22.5 Å². The minimum Gasteiger partial charge on any atom is -0.354 e. The number of ketones is 2. The summed E-state index contributed by atoms with van der Waals surface area (Å²) in [6.07, 6.45) is 1.71. The molecule has 0 N–H and O–H groups in total. The monoisotopic (exact) mass is 433 g/mol. The number of anilines is 1. The zero-order valence-electron chi connectivity index (χ0n) is 16.6. The van der Waals surface area contributed by atoms with Crippen molar-refractivity contribution in [2.75, 3.05) is 31.1 Å². The van der Waals surface area contributed by atoms with Crippen LogP contribution >= 0.6 is 0 Å². The standard InChI is InChI=1S/C23H19N3O4S/c27-22-17-5-1-2-6-18(17)23(28)20-15-16(8-9-19(20)22)31(29,30)26-13-11-25(12-14-26)21-7-3-4-10-24-21/h1-10,15H,11-14H2. The maximum absolute atomic E-state index is 13.2. The number of carbonyl (C=O) groups is 2. The minimum absolute atomic E-state index is 0.0260. The van der Waals surface area contributed by atoms with E-state index in [1.54, 1.807) is 30.5 Å². The van der Waals surface area contributed by atoms with Crippen LogP contribution in [0, 0.1) is 0 Å². The van der Waals surface area contributed by atoms with E-state index in [1.807, 2.05) is 23.1 Å². The Morgan fingerprint density at radius 1 is 0.710 bits per heavy atom. The summed E-state index contributed by atoms with van der Waals surface area (Å²) in [6, 6.07) is 16.4. The maximum Gasteiger partial charge on any atom is 0.243 e. The van der Waals surface area contributed by atoms with Gasteiger partial charge in [-0.3, -0.25) is 9.59 Å². The molecule has 8 heteroatoms. The molecular weight excluding hydrogens is 414 g/mol. The third-order valence-electron chi connectivity index (χ3n) is 5.75. The number of hydrogen-bond donors (Lipinski definition) is 0. The zero-order valence-corrected chi connectivity index (χ0v) is 17.4. The number of sulfonamides is 1. The molecule has 0 amide bonds. The Bertz CT molecular complexity index is 1300. The fourth-order valence-corrected chi connectivity index (χ4v) is 5.54. The van der Waals surface area contributed by atoms with Crippen LogP contribution in [0.15, 0.2) is 71.8 Å². The van der Waals surface area contributed by atoms with Crippen molar-refractivity contribution in [3.8, 4) is 0 Å². The van der Waals surface area contributed by atoms with Gasteiger partial charge in [0.05, 0.1) is 4.90 Å². The number of pyridine rings is 1. The lowest BCUT2D eigenvalue weighted by Crippen LogP contribution is -2.48. The Kier molecular flexibility index (Phi) is 4.68. The van der Waals surface area contributed by atoms with Crippen LogP contribution in [0.2, 0.25) is 0 Å². The topological polar surface area (TPSA) is 87.6 Å². The summed E-state index contributed by atoms with van der Waals surface area (Å²) in [7, 11) is -3.80. The second-order valence-corrected chi connectivity index (χ2v) is 9.43. The molecule has 5 rings (SSSR count). The van der Waals surface area contributed by atoms with Crippen LogP contribution in [0.5, 0.6) is 0 Å². The van der Waals surface area contributed by atoms with E-state index in [4.69, 9.17) is 0 Å². The van der Waals surface area contributed by atoms with Crippen molar-refractivity contribution >= 4 is 27.4 Å². The fourth-order valence-electron chi connectivity index (χ4n) is 4.09. The van der Waals surface area contributed by atoms with E-state index in [2.05, 4.69) is 4.98 Å². The normalized spacial score (nSPS) is 16.7. The minimum atomic E-state index is -3.80. The van der Waals surface area contributed by atoms with Crippen molar-refractivity contribution in [2.24, 2.45) is 0 Å². The van der Waals surface area contributed by atoms with E-state index in [9.17, 15) is 18.0 Å². The quantitative estimate of drug-likeness (QED) is 0.493. The molecule has 0 saturated carbocycles. The van der Waals surface area contributed by atoms with Gasteiger partial charge in [-0.15, -0.1) is 0 Å². The van der Waals surface area contributed by atoms with E-state index in [0.717, 1.165) is 5.82 Å². The summed E-state index contributed by atoms with van der Waals surface area (Å²) >= 11 is 0. The Morgan fingerprint density at radius 2 is 1.32 bits per heavy atom. The van der Waals surface area contributed by atoms with Crippen molar-refractivity contribution in [1.29, 1.82) is 0 Å². The van der Waals surface area contributed by atoms with Crippen molar-refractivity contribution in [2.45, 2.75) is 4.90 Å². The van der Waals surface area contributed by atoms with Gasteiger partial charge in [0.1, 0.15) is 5.82 Å². The van der Waals surface area contributed by atoms with Crippen LogP contribution in [0.1, 0.15) is 31.8 Å². The van der Waals surface area contributed by atoms with E-state index in [-0.39, 0.29) is 27.6 Å². The van der Waals surface area contributed by atoms with Gasteiger partial charge in [-0.1, -0.05) is 30.3 Å². The van der Waals surface area contributed by atoms with Gasteiger partial charge in [0.2, 0.25) is 10.0 Å². The lowest BCUT2D eigenvalue weighted by Gasteiger charge is -2.34. The molecule has 1 aromatic heterocycles. The average molecular weight is 433 g/mol. The van der Waals surface area contributed by atoms with Crippen LogP contribution in [0.25, 0.3) is 0 Å². The van der Waals surface area contributed by atoms with Crippen LogP contribution in [-0.4, -0.2) is 55.5 Å². The predicted molar refractivity (Wildman–Crippen MR) is 115 cm³/mol. The lowest BCUT2D eigenvalue weighted by molar-refractivity contribution is 0.0979. The molecule has 2 aromatic carbocycles. The van der Waals surface area contributed by atoms with Crippen molar-refractivity contribution < 1.29 is 18.0 Å². The van der Waals surface area contributed by atoms with Gasteiger partial charge < -0.3 is 4.90 Å². The molecule has 0 spiro atoms. The SMILES string of the molecule is O=C1c2ccccc2C(=O)c2cc(S(=O)(=O)N3CCN(c4ccccn4)CC3)ccc21. The first-order chi connectivity index (χ1) is 15.0. The number of carbonyl (C=O) groups excluding carboxylic acids is 2. The number of aromatic nitrogens is 1. The predicted octanol–water partition coefficient (Wildman–Crippen LogP) is 2.37. The Balaban J connectivity index is 1.42. The highest BCUT2D eigenvalue weighted by molar-refractivity contribution is 7.89. The third kappa shape index (κ3) is 3.24. The summed E-state index contributed by atoms with van der Waals surface area (Å²) in [4.78, 5) is 32.1. The molecule has 1 aliphatic carbocycles. The molecule has 0 atom stereocenters. The van der Waals surface area contributed by atoms with Gasteiger partial charge >= 0.3 is 0 Å². The molecule has 7 nitrogen and oxygen atoms in total. The van der Waals surface area contributed by atoms with E-state index >= 15 is 0 Å². The molecule has 0 unspecified atom stereocenters. The smallest absolute Gasteiger partial charge is 0.243 e.